The van der Waals surface area contributed by atoms with Gasteiger partial charge in [0.1, 0.15) is 0 Å². The molecule has 0 N–H and O–H groups in total. The van der Waals surface area contributed by atoms with Crippen molar-refractivity contribution in [2.75, 3.05) is 7.11 Å². The molecule has 0 amide bonds. The van der Waals surface area contributed by atoms with Crippen LogP contribution in [0.4, 0.5) is 0 Å². The molecule has 1 fully saturated rings. The van der Waals surface area contributed by atoms with Gasteiger partial charge >= 0.3 is 5.97 Å². The van der Waals surface area contributed by atoms with Gasteiger partial charge in [-0.1, -0.05) is 42.2 Å². The average molecular weight is 276 g/mol. The summed E-state index contributed by atoms with van der Waals surface area (Å²) in [4.78, 5) is 11.5. The maximum atomic E-state index is 11.5. The molecule has 0 saturated heterocycles. The molecule has 0 aromatic heterocycles. The summed E-state index contributed by atoms with van der Waals surface area (Å²) in [6.07, 6.45) is 2.15. The average Bonchev–Trinajstić information content (AvgIpc) is 3.34. The second-order valence-corrected chi connectivity index (χ2v) is 5.27. The Morgan fingerprint density at radius 3 is 2.29 bits per heavy atom. The highest BCUT2D eigenvalue weighted by Crippen LogP contribution is 2.47. The molecular weight excluding hydrogens is 260 g/mol. The Labute approximate surface area is 124 Å². The first-order chi connectivity index (χ1) is 10.2. The van der Waals surface area contributed by atoms with Crippen molar-refractivity contribution in [3.63, 3.8) is 0 Å². The van der Waals surface area contributed by atoms with E-state index in [9.17, 15) is 4.79 Å². The quantitative estimate of drug-likeness (QED) is 0.619. The predicted octanol–water partition coefficient (Wildman–Crippen LogP) is 3.56. The van der Waals surface area contributed by atoms with Crippen molar-refractivity contribution in [3.8, 4) is 11.8 Å². The number of hydrogen-bond acceptors (Lipinski definition) is 2. The molecule has 2 heteroatoms. The summed E-state index contributed by atoms with van der Waals surface area (Å²) in [6.45, 7) is 0. The molecule has 1 aliphatic carbocycles. The summed E-state index contributed by atoms with van der Waals surface area (Å²) in [6, 6.07) is 17.6. The number of rotatable bonds is 2. The van der Waals surface area contributed by atoms with Crippen LogP contribution < -0.4 is 0 Å². The van der Waals surface area contributed by atoms with Crippen LogP contribution in [-0.2, 0) is 10.2 Å². The Morgan fingerprint density at radius 1 is 1.05 bits per heavy atom. The molecule has 0 bridgehead atoms. The molecule has 21 heavy (non-hydrogen) atoms. The van der Waals surface area contributed by atoms with Crippen LogP contribution in [-0.4, -0.2) is 13.1 Å². The Kier molecular flexibility index (Phi) is 3.50. The molecule has 0 radical (unpaired) electrons. The van der Waals surface area contributed by atoms with E-state index >= 15 is 0 Å². The van der Waals surface area contributed by atoms with Gasteiger partial charge in [0.05, 0.1) is 18.1 Å². The fourth-order valence-electron chi connectivity index (χ4n) is 2.37. The van der Waals surface area contributed by atoms with Crippen LogP contribution in [0.5, 0.6) is 0 Å². The molecule has 0 unspecified atom stereocenters. The van der Waals surface area contributed by atoms with E-state index in [1.165, 1.54) is 12.7 Å². The number of ether oxygens (including phenoxy) is 1. The normalized spacial score (nSPS) is 14.7. The highest BCUT2D eigenvalue weighted by molar-refractivity contribution is 5.89. The Balaban J connectivity index is 1.83. The largest absolute Gasteiger partial charge is 0.465 e. The van der Waals surface area contributed by atoms with Gasteiger partial charge in [-0.2, -0.15) is 0 Å². The summed E-state index contributed by atoms with van der Waals surface area (Å²) in [5, 5.41) is 0. The molecule has 3 rings (SSSR count). The first-order valence-corrected chi connectivity index (χ1v) is 7.01. The second kappa shape index (κ2) is 5.46. The molecule has 1 aliphatic rings. The lowest BCUT2D eigenvalue weighted by Crippen LogP contribution is -2.05. The van der Waals surface area contributed by atoms with Gasteiger partial charge in [-0.05, 0) is 42.7 Å². The molecule has 1 saturated carbocycles. The van der Waals surface area contributed by atoms with Crippen LogP contribution >= 0.6 is 0 Å². The Morgan fingerprint density at radius 2 is 1.71 bits per heavy atom. The maximum Gasteiger partial charge on any atom is 0.337 e. The van der Waals surface area contributed by atoms with Gasteiger partial charge in [-0.25, -0.2) is 4.79 Å². The first kappa shape index (κ1) is 13.5. The number of esters is 1. The zero-order chi connectivity index (χ0) is 14.7. The van der Waals surface area contributed by atoms with Gasteiger partial charge in [0, 0.05) is 5.56 Å². The van der Waals surface area contributed by atoms with Crippen LogP contribution in [0, 0.1) is 11.8 Å². The first-order valence-electron chi connectivity index (χ1n) is 7.01. The predicted molar refractivity (Wildman–Crippen MR) is 82.0 cm³/mol. The second-order valence-electron chi connectivity index (χ2n) is 5.27. The highest BCUT2D eigenvalue weighted by atomic mass is 16.5. The molecule has 0 heterocycles. The van der Waals surface area contributed by atoms with E-state index in [1.54, 1.807) is 0 Å². The monoisotopic (exact) mass is 276 g/mol. The Hall–Kier alpha value is -2.53. The third-order valence-corrected chi connectivity index (χ3v) is 3.83. The van der Waals surface area contributed by atoms with Crippen molar-refractivity contribution in [2.24, 2.45) is 0 Å². The van der Waals surface area contributed by atoms with Crippen molar-refractivity contribution in [1.29, 1.82) is 0 Å². The molecule has 2 nitrogen and oxygen atoms in total. The van der Waals surface area contributed by atoms with Crippen molar-refractivity contribution in [3.05, 3.63) is 71.3 Å². The van der Waals surface area contributed by atoms with Gasteiger partial charge in [-0.15, -0.1) is 0 Å². The molecule has 0 spiro atoms. The number of benzene rings is 2. The maximum absolute atomic E-state index is 11.5. The zero-order valence-corrected chi connectivity index (χ0v) is 11.9. The molecule has 104 valence electrons. The molecule has 2 aromatic rings. The SMILES string of the molecule is COC(=O)c1ccc(C2(C#Cc3ccccc3)CC2)cc1. The summed E-state index contributed by atoms with van der Waals surface area (Å²) in [7, 11) is 1.39. The smallest absolute Gasteiger partial charge is 0.337 e. The van der Waals surface area contributed by atoms with Gasteiger partial charge < -0.3 is 4.74 Å². The van der Waals surface area contributed by atoms with Gasteiger partial charge in [0.15, 0.2) is 0 Å². The third kappa shape index (κ3) is 2.83. The van der Waals surface area contributed by atoms with Crippen molar-refractivity contribution in [1.82, 2.24) is 0 Å². The van der Waals surface area contributed by atoms with Crippen molar-refractivity contribution >= 4 is 5.97 Å². The highest BCUT2D eigenvalue weighted by Gasteiger charge is 2.42. The molecule has 0 aliphatic heterocycles. The topological polar surface area (TPSA) is 26.3 Å². The number of methoxy groups -OCH3 is 1. The van der Waals surface area contributed by atoms with E-state index in [0.29, 0.717) is 5.56 Å². The van der Waals surface area contributed by atoms with Crippen LogP contribution in [0.3, 0.4) is 0 Å². The van der Waals surface area contributed by atoms with E-state index in [4.69, 9.17) is 4.74 Å². The van der Waals surface area contributed by atoms with Crippen LogP contribution in [0.1, 0.15) is 34.3 Å². The van der Waals surface area contributed by atoms with Crippen LogP contribution in [0.2, 0.25) is 0 Å². The van der Waals surface area contributed by atoms with E-state index in [0.717, 1.165) is 18.4 Å². The summed E-state index contributed by atoms with van der Waals surface area (Å²) < 4.78 is 4.72. The van der Waals surface area contributed by atoms with E-state index < -0.39 is 0 Å². The fraction of sp³-hybridized carbons (Fsp3) is 0.211. The van der Waals surface area contributed by atoms with Crippen molar-refractivity contribution in [2.45, 2.75) is 18.3 Å². The lowest BCUT2D eigenvalue weighted by atomic mass is 9.95. The number of carbonyl (C=O) groups is 1. The zero-order valence-electron chi connectivity index (χ0n) is 11.9. The van der Waals surface area contributed by atoms with Gasteiger partial charge in [0.2, 0.25) is 0 Å². The van der Waals surface area contributed by atoms with E-state index in [1.807, 2.05) is 54.6 Å². The lowest BCUT2D eigenvalue weighted by Gasteiger charge is -2.08. The Bertz CT molecular complexity index is 699. The summed E-state index contributed by atoms with van der Waals surface area (Å²) in [5.74, 6) is 6.35. The number of hydrogen-bond donors (Lipinski definition) is 0. The molecule has 2 aromatic carbocycles. The summed E-state index contributed by atoms with van der Waals surface area (Å²) in [5.41, 5.74) is 2.76. The van der Waals surface area contributed by atoms with Crippen LogP contribution in [0.25, 0.3) is 0 Å². The third-order valence-electron chi connectivity index (χ3n) is 3.83. The van der Waals surface area contributed by atoms with Crippen LogP contribution in [0.15, 0.2) is 54.6 Å². The van der Waals surface area contributed by atoms with Gasteiger partial charge in [0.25, 0.3) is 0 Å². The van der Waals surface area contributed by atoms with Crippen molar-refractivity contribution < 1.29 is 9.53 Å². The number of carbonyl (C=O) groups excluding carboxylic acids is 1. The van der Waals surface area contributed by atoms with E-state index in [2.05, 4.69) is 11.8 Å². The summed E-state index contributed by atoms with van der Waals surface area (Å²) >= 11 is 0. The van der Waals surface area contributed by atoms with E-state index in [-0.39, 0.29) is 11.4 Å². The lowest BCUT2D eigenvalue weighted by molar-refractivity contribution is 0.0600. The van der Waals surface area contributed by atoms with Gasteiger partial charge in [-0.3, -0.25) is 0 Å². The standard InChI is InChI=1S/C19H16O2/c1-21-18(20)16-7-9-17(10-8-16)19(13-14-19)12-11-15-5-3-2-4-6-15/h2-10H,13-14H2,1H3. The minimum Gasteiger partial charge on any atom is -0.465 e. The molecular formula is C19H16O2. The fourth-order valence-corrected chi connectivity index (χ4v) is 2.37. The minimum absolute atomic E-state index is 0.0372. The molecule has 0 atom stereocenters. The minimum atomic E-state index is -0.304.